The molecular weight excluding hydrogens is 300 g/mol. The summed E-state index contributed by atoms with van der Waals surface area (Å²) >= 11 is 0. The quantitative estimate of drug-likeness (QED) is 0.683. The van der Waals surface area contributed by atoms with Gasteiger partial charge in [-0.25, -0.2) is 0 Å². The van der Waals surface area contributed by atoms with Crippen LogP contribution in [0.15, 0.2) is 0 Å². The van der Waals surface area contributed by atoms with Crippen LogP contribution >= 0.6 is 0 Å². The molecule has 23 heavy (non-hydrogen) atoms. The van der Waals surface area contributed by atoms with Gasteiger partial charge in [-0.1, -0.05) is 53.6 Å². The zero-order valence-corrected chi connectivity index (χ0v) is 17.7. The summed E-state index contributed by atoms with van der Waals surface area (Å²) in [6.07, 6.45) is 6.25. The van der Waals surface area contributed by atoms with Gasteiger partial charge in [-0.2, -0.15) is 0 Å². The third kappa shape index (κ3) is 2.66. The third-order valence-electron chi connectivity index (χ3n) is 7.92. The second-order valence-corrected chi connectivity index (χ2v) is 16.4. The van der Waals surface area contributed by atoms with Gasteiger partial charge >= 0.3 is 0 Å². The van der Waals surface area contributed by atoms with E-state index >= 15 is 0 Å². The summed E-state index contributed by atoms with van der Waals surface area (Å²) in [5.41, 5.74) is -0.716. The Bertz CT molecular complexity index is 483. The van der Waals surface area contributed by atoms with E-state index in [-0.39, 0.29) is 15.5 Å². The minimum atomic E-state index is -1.99. The molecule has 0 aliphatic heterocycles. The summed E-state index contributed by atoms with van der Waals surface area (Å²) in [6.45, 7) is 18.0. The van der Waals surface area contributed by atoms with E-state index in [0.717, 1.165) is 12.8 Å². The number of fused-ring (bicyclic) bond motifs is 1. The van der Waals surface area contributed by atoms with Crippen molar-refractivity contribution in [2.75, 3.05) is 0 Å². The summed E-state index contributed by atoms with van der Waals surface area (Å²) in [5, 5.41) is 10.6. The van der Waals surface area contributed by atoms with E-state index in [2.05, 4.69) is 40.8 Å². The predicted molar refractivity (Wildman–Crippen MR) is 100 cm³/mol. The van der Waals surface area contributed by atoms with E-state index in [0.29, 0.717) is 18.1 Å². The van der Waals surface area contributed by atoms with Gasteiger partial charge < -0.3 is 5.11 Å². The van der Waals surface area contributed by atoms with Crippen LogP contribution in [0.1, 0.15) is 80.1 Å². The molecule has 134 valence electrons. The number of ketones is 1. The Hall–Kier alpha value is -0.153. The average molecular weight is 339 g/mol. The molecule has 2 nitrogen and oxygen atoms in total. The van der Waals surface area contributed by atoms with Crippen LogP contribution in [0.2, 0.25) is 23.2 Å². The lowest BCUT2D eigenvalue weighted by molar-refractivity contribution is -0.124. The largest absolute Gasteiger partial charge is 0.390 e. The Labute approximate surface area is 144 Å². The first-order valence-electron chi connectivity index (χ1n) is 9.45. The second kappa shape index (κ2) is 5.42. The summed E-state index contributed by atoms with van der Waals surface area (Å²) < 4.78 is 0. The van der Waals surface area contributed by atoms with Crippen LogP contribution in [-0.4, -0.2) is 24.6 Å². The van der Waals surface area contributed by atoms with Crippen LogP contribution in [0.4, 0.5) is 0 Å². The number of hydrogen-bond acceptors (Lipinski definition) is 2. The van der Waals surface area contributed by atoms with E-state index in [4.69, 9.17) is 0 Å². The molecule has 2 rings (SSSR count). The second-order valence-electron chi connectivity index (χ2n) is 10.8. The molecule has 0 radical (unpaired) electrons. The molecule has 0 heterocycles. The van der Waals surface area contributed by atoms with Crippen molar-refractivity contribution in [3.63, 3.8) is 0 Å². The number of carbonyl (C=O) groups excluding carboxylic acids is 1. The summed E-state index contributed by atoms with van der Waals surface area (Å²) in [5.74, 6) is 1.00. The first-order chi connectivity index (χ1) is 10.2. The van der Waals surface area contributed by atoms with Crippen molar-refractivity contribution in [2.24, 2.45) is 11.3 Å². The topological polar surface area (TPSA) is 37.3 Å². The fourth-order valence-corrected chi connectivity index (χ4v) is 10.6. The molecule has 2 aliphatic carbocycles. The Kier molecular flexibility index (Phi) is 4.52. The van der Waals surface area contributed by atoms with E-state index in [9.17, 15) is 9.90 Å². The van der Waals surface area contributed by atoms with Gasteiger partial charge in [-0.3, -0.25) is 4.79 Å². The molecule has 3 atom stereocenters. The summed E-state index contributed by atoms with van der Waals surface area (Å²) in [4.78, 5) is 13.6. The maximum absolute atomic E-state index is 13.6. The Morgan fingerprint density at radius 3 is 2.22 bits per heavy atom. The fourth-order valence-electron chi connectivity index (χ4n) is 5.88. The molecule has 0 spiro atoms. The first-order valence-corrected chi connectivity index (χ1v) is 12.4. The fraction of sp³-hybridized carbons (Fsp3) is 0.950. The van der Waals surface area contributed by atoms with Crippen LogP contribution < -0.4 is 0 Å². The number of aliphatic hydroxyl groups is 1. The van der Waals surface area contributed by atoms with Gasteiger partial charge in [0, 0.05) is 11.5 Å². The van der Waals surface area contributed by atoms with Gasteiger partial charge in [0.1, 0.15) is 5.78 Å². The lowest BCUT2D eigenvalue weighted by Gasteiger charge is -2.60. The lowest BCUT2D eigenvalue weighted by Crippen LogP contribution is -2.60. The third-order valence-corrected chi connectivity index (χ3v) is 14.8. The average Bonchev–Trinajstić information content (AvgIpc) is 2.56. The monoisotopic (exact) mass is 338 g/mol. The van der Waals surface area contributed by atoms with Crippen LogP contribution in [0.5, 0.6) is 0 Å². The lowest BCUT2D eigenvalue weighted by atomic mass is 9.63. The van der Waals surface area contributed by atoms with Crippen molar-refractivity contribution < 1.29 is 9.90 Å². The number of rotatable bonds is 3. The smallest absolute Gasteiger partial charge is 0.137 e. The zero-order chi connectivity index (χ0) is 17.9. The molecule has 0 bridgehead atoms. The van der Waals surface area contributed by atoms with Crippen molar-refractivity contribution in [2.45, 2.75) is 109 Å². The van der Waals surface area contributed by atoms with E-state index in [1.807, 2.05) is 13.8 Å². The maximum atomic E-state index is 13.6. The minimum absolute atomic E-state index is 0.0747. The highest BCUT2D eigenvalue weighted by molar-refractivity contribution is 6.86. The van der Waals surface area contributed by atoms with Crippen molar-refractivity contribution in [3.8, 4) is 0 Å². The minimum Gasteiger partial charge on any atom is -0.390 e. The van der Waals surface area contributed by atoms with E-state index in [1.165, 1.54) is 19.3 Å². The molecule has 0 aromatic carbocycles. The molecule has 0 aromatic rings. The summed E-state index contributed by atoms with van der Waals surface area (Å²) in [6, 6.07) is 0. The molecule has 0 aromatic heterocycles. The van der Waals surface area contributed by atoms with Crippen LogP contribution in [0, 0.1) is 11.3 Å². The molecular formula is C20H38O2Si. The van der Waals surface area contributed by atoms with Crippen LogP contribution in [0.3, 0.4) is 0 Å². The highest BCUT2D eigenvalue weighted by atomic mass is 28.3. The maximum Gasteiger partial charge on any atom is 0.137 e. The molecule has 0 amide bonds. The summed E-state index contributed by atoms with van der Waals surface area (Å²) in [7, 11) is -1.99. The normalized spacial score (nSPS) is 36.2. The van der Waals surface area contributed by atoms with Gasteiger partial charge in [-0.05, 0) is 49.5 Å². The van der Waals surface area contributed by atoms with Gasteiger partial charge in [0.25, 0.3) is 0 Å². The molecule has 0 saturated heterocycles. The van der Waals surface area contributed by atoms with Gasteiger partial charge in [-0.15, -0.1) is 0 Å². The van der Waals surface area contributed by atoms with Crippen molar-refractivity contribution in [1.29, 1.82) is 0 Å². The highest BCUT2D eigenvalue weighted by Crippen LogP contribution is 2.73. The zero-order valence-electron chi connectivity index (χ0n) is 16.7. The first kappa shape index (κ1) is 19.2. The van der Waals surface area contributed by atoms with Gasteiger partial charge in [0.15, 0.2) is 0 Å². The molecule has 3 unspecified atom stereocenters. The molecule has 2 saturated carbocycles. The molecule has 2 fully saturated rings. The van der Waals surface area contributed by atoms with Crippen molar-refractivity contribution >= 4 is 13.9 Å². The number of carbonyl (C=O) groups is 1. The van der Waals surface area contributed by atoms with Gasteiger partial charge in [0.2, 0.25) is 0 Å². The van der Waals surface area contributed by atoms with Gasteiger partial charge in [0.05, 0.1) is 13.7 Å². The number of hydrogen-bond donors (Lipinski definition) is 1. The van der Waals surface area contributed by atoms with E-state index < -0.39 is 13.7 Å². The molecule has 1 N–H and O–H groups in total. The van der Waals surface area contributed by atoms with Crippen LogP contribution in [0.25, 0.3) is 0 Å². The van der Waals surface area contributed by atoms with Crippen molar-refractivity contribution in [1.82, 2.24) is 0 Å². The highest BCUT2D eigenvalue weighted by Gasteiger charge is 2.71. The molecule has 3 heteroatoms. The Morgan fingerprint density at radius 1 is 1.17 bits per heavy atom. The standard InChI is InChI=1S/C20H38O2Si/c1-17(2,3)23(7,8)20(14-18(4,5)22)16(21)13-15-11-9-10-12-19(15,20)6/h15,22H,9-14H2,1-8H3. The van der Waals surface area contributed by atoms with Crippen molar-refractivity contribution in [3.05, 3.63) is 0 Å². The van der Waals surface area contributed by atoms with E-state index in [1.54, 1.807) is 0 Å². The molecule has 2 aliphatic rings. The van der Waals surface area contributed by atoms with Crippen LogP contribution in [-0.2, 0) is 4.79 Å². The Morgan fingerprint density at radius 2 is 1.74 bits per heavy atom. The number of Topliss-reactive ketones (excluding diaryl/α,β-unsaturated/α-hetero) is 1. The SMILES string of the molecule is CC(C)(O)CC1([Si](C)(C)C(C)(C)C)C(=O)CC2CCCCC21C. The predicted octanol–water partition coefficient (Wildman–Crippen LogP) is 5.57. The Balaban J connectivity index is 2.69.